The van der Waals surface area contributed by atoms with Crippen LogP contribution in [0.1, 0.15) is 110 Å². The lowest BCUT2D eigenvalue weighted by Crippen LogP contribution is -2.12. The predicted molar refractivity (Wildman–Crippen MR) is 232 cm³/mol. The van der Waals surface area contributed by atoms with Crippen LogP contribution in [0.3, 0.4) is 0 Å². The first-order valence-electron chi connectivity index (χ1n) is 20.0. The maximum absolute atomic E-state index is 6.85. The maximum Gasteiger partial charge on any atom is 0.137 e. The van der Waals surface area contributed by atoms with Gasteiger partial charge in [0.05, 0.1) is 22.4 Å². The molecule has 4 aromatic carbocycles. The summed E-state index contributed by atoms with van der Waals surface area (Å²) in [6.07, 6.45) is 6.68. The van der Waals surface area contributed by atoms with Crippen molar-refractivity contribution in [3.05, 3.63) is 131 Å². The summed E-state index contributed by atoms with van der Waals surface area (Å²) in [5, 5.41) is 7.50. The number of unbranched alkanes of at least 4 members (excludes halogenated alkanes) is 1. The molecule has 0 fully saturated rings. The molecule has 0 aliphatic heterocycles. The molecule has 0 saturated carbocycles. The molecular weight excluding hydrogens is 673 g/mol. The monoisotopic (exact) mass is 730 g/mol. The summed E-state index contributed by atoms with van der Waals surface area (Å²) in [5.74, 6) is 2.48. The fraction of sp³-hybridized carbons (Fsp3) is 0.360. The molecule has 0 radical (unpaired) electrons. The Morgan fingerprint density at radius 2 is 1.38 bits per heavy atom. The number of benzene rings is 4. The maximum atomic E-state index is 6.85. The second-order valence-electron chi connectivity index (χ2n) is 18.7. The van der Waals surface area contributed by atoms with Crippen LogP contribution in [0.25, 0.3) is 44.4 Å². The number of aromatic nitrogens is 4. The summed E-state index contributed by atoms with van der Waals surface area (Å²) in [5.41, 5.74) is 11.7. The Labute approximate surface area is 328 Å². The number of rotatable bonds is 9. The first-order chi connectivity index (χ1) is 26.0. The summed E-state index contributed by atoms with van der Waals surface area (Å²) in [6, 6.07) is 35.0. The molecule has 7 rings (SSSR count). The van der Waals surface area contributed by atoms with Crippen LogP contribution in [0.4, 0.5) is 0 Å². The lowest BCUT2D eigenvalue weighted by Gasteiger charge is -2.22. The predicted octanol–water partition coefficient (Wildman–Crippen LogP) is 13.8. The SMILES string of the molecule is Cc1nn(-c2cc(Oc3ccc4c5cc(CCCCC(C)(C)C)ccc5n(-c5cc(C(C)(C)C)ccn5)c4c3)cc(C(C)(C)C)c2)c(C)c1-c1ccccc1. The lowest BCUT2D eigenvalue weighted by atomic mass is 9.86. The molecule has 0 aliphatic rings. The number of nitrogens with zero attached hydrogens (tertiary/aromatic N) is 4. The van der Waals surface area contributed by atoms with Gasteiger partial charge in [-0.05, 0) is 120 Å². The number of fused-ring (bicyclic) bond motifs is 3. The fourth-order valence-electron chi connectivity index (χ4n) is 7.76. The molecule has 0 aliphatic carbocycles. The van der Waals surface area contributed by atoms with E-state index < -0.39 is 0 Å². The van der Waals surface area contributed by atoms with E-state index in [9.17, 15) is 0 Å². The topological polar surface area (TPSA) is 44.9 Å². The van der Waals surface area contributed by atoms with Crippen LogP contribution in [0.2, 0.25) is 0 Å². The lowest BCUT2D eigenvalue weighted by molar-refractivity contribution is 0.360. The van der Waals surface area contributed by atoms with Crippen LogP contribution >= 0.6 is 0 Å². The minimum atomic E-state index is -0.100. The number of pyridine rings is 1. The molecule has 0 amide bonds. The first kappa shape index (κ1) is 38.1. The average molecular weight is 731 g/mol. The quantitative estimate of drug-likeness (QED) is 0.139. The van der Waals surface area contributed by atoms with E-state index in [2.05, 4.69) is 182 Å². The van der Waals surface area contributed by atoms with Gasteiger partial charge in [0.25, 0.3) is 0 Å². The number of ether oxygens (including phenoxy) is 1. The van der Waals surface area contributed by atoms with Gasteiger partial charge in [0, 0.05) is 40.4 Å². The van der Waals surface area contributed by atoms with Crippen LogP contribution in [0.15, 0.2) is 103 Å². The van der Waals surface area contributed by atoms with Gasteiger partial charge in [0.2, 0.25) is 0 Å². The molecule has 0 bridgehead atoms. The van der Waals surface area contributed by atoms with E-state index in [1.54, 1.807) is 0 Å². The zero-order valence-corrected chi connectivity index (χ0v) is 34.8. The second kappa shape index (κ2) is 14.5. The van der Waals surface area contributed by atoms with Gasteiger partial charge in [-0.1, -0.05) is 105 Å². The van der Waals surface area contributed by atoms with Crippen molar-refractivity contribution in [2.75, 3.05) is 0 Å². The van der Waals surface area contributed by atoms with Crippen molar-refractivity contribution >= 4 is 21.8 Å². The van der Waals surface area contributed by atoms with E-state index in [4.69, 9.17) is 14.8 Å². The van der Waals surface area contributed by atoms with Crippen molar-refractivity contribution in [1.82, 2.24) is 19.3 Å². The number of aryl methyl sites for hydroxylation is 2. The number of hydrogen-bond donors (Lipinski definition) is 0. The minimum Gasteiger partial charge on any atom is -0.457 e. The molecule has 7 aromatic rings. The fourth-order valence-corrected chi connectivity index (χ4v) is 7.76. The van der Waals surface area contributed by atoms with E-state index in [1.165, 1.54) is 57.9 Å². The highest BCUT2D eigenvalue weighted by molar-refractivity contribution is 6.09. The molecule has 284 valence electrons. The Morgan fingerprint density at radius 3 is 2.09 bits per heavy atom. The summed E-state index contributed by atoms with van der Waals surface area (Å²) >= 11 is 0. The van der Waals surface area contributed by atoms with Crippen LogP contribution in [-0.2, 0) is 17.3 Å². The van der Waals surface area contributed by atoms with Gasteiger partial charge in [-0.3, -0.25) is 4.57 Å². The molecule has 0 atom stereocenters. The zero-order chi connectivity index (χ0) is 39.3. The highest BCUT2D eigenvalue weighted by atomic mass is 16.5. The van der Waals surface area contributed by atoms with E-state index >= 15 is 0 Å². The standard InChI is InChI=1S/C50H58N4O/c1-33-47(36-18-13-12-14-19-36)34(2)54(52-33)39-28-38(50(9,10)11)29-41(31-39)55-40-21-22-42-43-27-35(17-15-16-25-48(3,4)5)20-23-44(43)53(45(42)32-40)46-30-37(24-26-51-46)49(6,7)8/h12-14,18-24,26-32H,15-17,25H2,1-11H3. The molecule has 5 nitrogen and oxygen atoms in total. The zero-order valence-electron chi connectivity index (χ0n) is 34.8. The molecule has 3 aromatic heterocycles. The van der Waals surface area contributed by atoms with Gasteiger partial charge < -0.3 is 4.74 Å². The third kappa shape index (κ3) is 8.12. The average Bonchev–Trinajstić information content (AvgIpc) is 3.61. The largest absolute Gasteiger partial charge is 0.457 e. The van der Waals surface area contributed by atoms with Crippen molar-refractivity contribution in [2.45, 2.75) is 113 Å². The van der Waals surface area contributed by atoms with Gasteiger partial charge >= 0.3 is 0 Å². The molecule has 0 unspecified atom stereocenters. The Balaban J connectivity index is 1.32. The Kier molecular flexibility index (Phi) is 10.0. The molecule has 5 heteroatoms. The van der Waals surface area contributed by atoms with E-state index in [0.717, 1.165) is 51.8 Å². The Bertz CT molecular complexity index is 2480. The molecule has 0 N–H and O–H groups in total. The van der Waals surface area contributed by atoms with Crippen molar-refractivity contribution in [3.8, 4) is 34.1 Å². The summed E-state index contributed by atoms with van der Waals surface area (Å²) in [7, 11) is 0. The van der Waals surface area contributed by atoms with Crippen molar-refractivity contribution in [2.24, 2.45) is 5.41 Å². The van der Waals surface area contributed by atoms with Gasteiger partial charge in [-0.25, -0.2) is 9.67 Å². The Hall–Kier alpha value is -5.16. The highest BCUT2D eigenvalue weighted by Gasteiger charge is 2.22. The molecule has 0 saturated heterocycles. The molecule has 55 heavy (non-hydrogen) atoms. The highest BCUT2D eigenvalue weighted by Crippen LogP contribution is 2.39. The Morgan fingerprint density at radius 1 is 0.636 bits per heavy atom. The van der Waals surface area contributed by atoms with Crippen LogP contribution in [0, 0.1) is 19.3 Å². The van der Waals surface area contributed by atoms with Gasteiger partial charge in [-0.15, -0.1) is 0 Å². The normalized spacial score (nSPS) is 12.6. The van der Waals surface area contributed by atoms with E-state index in [0.29, 0.717) is 5.41 Å². The van der Waals surface area contributed by atoms with Crippen LogP contribution < -0.4 is 4.74 Å². The summed E-state index contributed by atoms with van der Waals surface area (Å²) < 4.78 is 11.2. The first-order valence-corrected chi connectivity index (χ1v) is 20.0. The third-order valence-electron chi connectivity index (χ3n) is 10.9. The third-order valence-corrected chi connectivity index (χ3v) is 10.9. The smallest absolute Gasteiger partial charge is 0.137 e. The molecular formula is C50H58N4O. The van der Waals surface area contributed by atoms with E-state index in [1.807, 2.05) is 6.20 Å². The van der Waals surface area contributed by atoms with Crippen molar-refractivity contribution < 1.29 is 4.74 Å². The minimum absolute atomic E-state index is 0.00590. The van der Waals surface area contributed by atoms with Crippen molar-refractivity contribution in [3.63, 3.8) is 0 Å². The summed E-state index contributed by atoms with van der Waals surface area (Å²) in [4.78, 5) is 4.95. The molecule has 0 spiro atoms. The van der Waals surface area contributed by atoms with Crippen LogP contribution in [-0.4, -0.2) is 19.3 Å². The summed E-state index contributed by atoms with van der Waals surface area (Å²) in [6.45, 7) is 24.7. The second-order valence-corrected chi connectivity index (χ2v) is 18.7. The van der Waals surface area contributed by atoms with Gasteiger partial charge in [-0.2, -0.15) is 5.10 Å². The van der Waals surface area contributed by atoms with Gasteiger partial charge in [0.15, 0.2) is 0 Å². The van der Waals surface area contributed by atoms with Crippen molar-refractivity contribution in [1.29, 1.82) is 0 Å². The molecule has 3 heterocycles. The van der Waals surface area contributed by atoms with E-state index in [-0.39, 0.29) is 10.8 Å². The van der Waals surface area contributed by atoms with Crippen LogP contribution in [0.5, 0.6) is 11.5 Å². The van der Waals surface area contributed by atoms with Gasteiger partial charge in [0.1, 0.15) is 17.3 Å². The number of hydrogen-bond acceptors (Lipinski definition) is 3.